The van der Waals surface area contributed by atoms with Crippen LogP contribution in [0.25, 0.3) is 11.4 Å². The molecule has 1 N–H and O–H groups in total. The average molecular weight is 443 g/mol. The quantitative estimate of drug-likeness (QED) is 0.622. The van der Waals surface area contributed by atoms with Crippen LogP contribution in [0.1, 0.15) is 24.8 Å². The number of nitrogens with one attached hydrogen (secondary N) is 1. The normalized spacial score (nSPS) is 16.2. The van der Waals surface area contributed by atoms with E-state index in [1.54, 1.807) is 18.1 Å². The summed E-state index contributed by atoms with van der Waals surface area (Å²) in [5.41, 5.74) is 1.54. The van der Waals surface area contributed by atoms with Crippen LogP contribution >= 0.6 is 15.9 Å². The van der Waals surface area contributed by atoms with Gasteiger partial charge in [-0.1, -0.05) is 27.2 Å². The molecule has 1 aliphatic heterocycles. The van der Waals surface area contributed by atoms with Gasteiger partial charge in [-0.2, -0.15) is 4.98 Å². The van der Waals surface area contributed by atoms with Crippen LogP contribution in [-0.4, -0.2) is 34.7 Å². The monoisotopic (exact) mass is 442 g/mol. The summed E-state index contributed by atoms with van der Waals surface area (Å²) in [4.78, 5) is 19.1. The molecule has 0 spiro atoms. The van der Waals surface area contributed by atoms with E-state index < -0.39 is 0 Å². The first-order valence-electron chi connectivity index (χ1n) is 8.95. The zero-order valence-electron chi connectivity index (χ0n) is 15.3. The maximum Gasteiger partial charge on any atom is 0.322 e. The van der Waals surface area contributed by atoms with E-state index in [9.17, 15) is 4.79 Å². The molecule has 1 aromatic heterocycles. The highest BCUT2D eigenvalue weighted by atomic mass is 79.9. The third-order valence-electron chi connectivity index (χ3n) is 4.66. The molecule has 4 rings (SSSR count). The summed E-state index contributed by atoms with van der Waals surface area (Å²) in [6, 6.07) is 14.5. The van der Waals surface area contributed by atoms with Crippen LogP contribution in [0.3, 0.4) is 0 Å². The molecule has 144 valence electrons. The van der Waals surface area contributed by atoms with Gasteiger partial charge in [0.05, 0.1) is 7.11 Å². The first kappa shape index (κ1) is 18.5. The molecule has 0 aliphatic carbocycles. The van der Waals surface area contributed by atoms with Gasteiger partial charge >= 0.3 is 6.03 Å². The number of hydrogen-bond acceptors (Lipinski definition) is 5. The topological polar surface area (TPSA) is 80.5 Å². The predicted octanol–water partition coefficient (Wildman–Crippen LogP) is 4.88. The second-order valence-electron chi connectivity index (χ2n) is 6.48. The van der Waals surface area contributed by atoms with Gasteiger partial charge in [-0.25, -0.2) is 4.79 Å². The van der Waals surface area contributed by atoms with E-state index in [1.807, 2.05) is 42.5 Å². The molecule has 1 saturated heterocycles. The third-order valence-corrected chi connectivity index (χ3v) is 5.19. The van der Waals surface area contributed by atoms with Gasteiger partial charge in [0.1, 0.15) is 11.8 Å². The zero-order valence-corrected chi connectivity index (χ0v) is 16.8. The average Bonchev–Trinajstić information content (AvgIpc) is 3.38. The van der Waals surface area contributed by atoms with Crippen molar-refractivity contribution in [2.45, 2.75) is 18.9 Å². The van der Waals surface area contributed by atoms with Crippen LogP contribution < -0.4 is 10.1 Å². The smallest absolute Gasteiger partial charge is 0.322 e. The van der Waals surface area contributed by atoms with Crippen LogP contribution in [0.15, 0.2) is 57.5 Å². The minimum absolute atomic E-state index is 0.195. The molecular formula is C20H19BrN4O3. The van der Waals surface area contributed by atoms with Crippen LogP contribution in [0, 0.1) is 0 Å². The molecule has 1 atom stereocenters. The van der Waals surface area contributed by atoms with Crippen molar-refractivity contribution in [3.8, 4) is 17.1 Å². The summed E-state index contributed by atoms with van der Waals surface area (Å²) < 4.78 is 11.7. The lowest BCUT2D eigenvalue weighted by atomic mass is 10.2. The van der Waals surface area contributed by atoms with Gasteiger partial charge in [-0.05, 0) is 49.2 Å². The molecule has 1 aliphatic rings. The summed E-state index contributed by atoms with van der Waals surface area (Å²) in [7, 11) is 1.59. The summed E-state index contributed by atoms with van der Waals surface area (Å²) >= 11 is 3.41. The molecule has 2 amide bonds. The first-order chi connectivity index (χ1) is 13.6. The maximum absolute atomic E-state index is 12.8. The minimum atomic E-state index is -0.234. The van der Waals surface area contributed by atoms with Crippen molar-refractivity contribution < 1.29 is 14.1 Å². The highest BCUT2D eigenvalue weighted by Crippen LogP contribution is 2.33. The van der Waals surface area contributed by atoms with Gasteiger partial charge in [0.15, 0.2) is 0 Å². The molecule has 0 saturated carbocycles. The summed E-state index contributed by atoms with van der Waals surface area (Å²) in [5.74, 6) is 1.66. The van der Waals surface area contributed by atoms with Crippen LogP contribution in [0.4, 0.5) is 10.5 Å². The highest BCUT2D eigenvalue weighted by molar-refractivity contribution is 9.10. The lowest BCUT2D eigenvalue weighted by Crippen LogP contribution is -2.34. The number of ether oxygens (including phenoxy) is 1. The molecule has 1 fully saturated rings. The molecular weight excluding hydrogens is 424 g/mol. The van der Waals surface area contributed by atoms with Crippen LogP contribution in [0.2, 0.25) is 0 Å². The molecule has 7 nitrogen and oxygen atoms in total. The number of hydrogen-bond donors (Lipinski definition) is 1. The van der Waals surface area contributed by atoms with Gasteiger partial charge in [-0.15, -0.1) is 0 Å². The minimum Gasteiger partial charge on any atom is -0.497 e. The number of rotatable bonds is 4. The van der Waals surface area contributed by atoms with Crippen molar-refractivity contribution in [2.24, 2.45) is 0 Å². The summed E-state index contributed by atoms with van der Waals surface area (Å²) in [5, 5.41) is 7.00. The Labute approximate surface area is 170 Å². The fourth-order valence-electron chi connectivity index (χ4n) is 3.25. The molecule has 2 aromatic carbocycles. The zero-order chi connectivity index (χ0) is 19.5. The number of benzene rings is 2. The van der Waals surface area contributed by atoms with Crippen molar-refractivity contribution in [1.82, 2.24) is 15.0 Å². The Hall–Kier alpha value is -2.87. The number of amides is 2. The van der Waals surface area contributed by atoms with E-state index in [2.05, 4.69) is 31.4 Å². The van der Waals surface area contributed by atoms with E-state index in [-0.39, 0.29) is 12.1 Å². The van der Waals surface area contributed by atoms with E-state index in [0.717, 1.165) is 22.9 Å². The predicted molar refractivity (Wildman–Crippen MR) is 108 cm³/mol. The summed E-state index contributed by atoms with van der Waals surface area (Å²) in [6.07, 6.45) is 1.67. The first-order valence-corrected chi connectivity index (χ1v) is 9.74. The number of carbonyl (C=O) groups is 1. The highest BCUT2D eigenvalue weighted by Gasteiger charge is 2.34. The number of urea groups is 1. The number of halogens is 1. The number of nitrogens with zero attached hydrogens (tertiary/aromatic N) is 3. The fraction of sp³-hybridized carbons (Fsp3) is 0.250. The van der Waals surface area contributed by atoms with E-state index in [4.69, 9.17) is 9.26 Å². The molecule has 28 heavy (non-hydrogen) atoms. The van der Waals surface area contributed by atoms with Crippen molar-refractivity contribution in [3.05, 3.63) is 58.9 Å². The second-order valence-corrected chi connectivity index (χ2v) is 7.39. The molecule has 1 unspecified atom stereocenters. The molecule has 2 heterocycles. The van der Waals surface area contributed by atoms with Crippen molar-refractivity contribution in [3.63, 3.8) is 0 Å². The molecule has 8 heteroatoms. The lowest BCUT2D eigenvalue weighted by molar-refractivity contribution is 0.193. The van der Waals surface area contributed by atoms with Crippen LogP contribution in [0.5, 0.6) is 5.75 Å². The number of anilines is 1. The van der Waals surface area contributed by atoms with E-state index >= 15 is 0 Å². The van der Waals surface area contributed by atoms with Gasteiger partial charge in [0.25, 0.3) is 0 Å². The number of carbonyl (C=O) groups excluding carboxylic acids is 1. The Balaban J connectivity index is 1.50. The standard InChI is InChI=1S/C20H19BrN4O3/c1-27-16-5-2-4-15(12-16)22-20(26)25-11-3-6-17(25)19-23-18(24-28-19)13-7-9-14(21)10-8-13/h2,4-5,7-10,12,17H,3,6,11H2,1H3,(H,22,26). The van der Waals surface area contributed by atoms with Gasteiger partial charge in [0, 0.05) is 28.3 Å². The Morgan fingerprint density at radius 3 is 2.89 bits per heavy atom. The lowest BCUT2D eigenvalue weighted by Gasteiger charge is -2.22. The van der Waals surface area contributed by atoms with E-state index in [0.29, 0.717) is 29.7 Å². The number of aromatic nitrogens is 2. The van der Waals surface area contributed by atoms with Crippen LogP contribution in [-0.2, 0) is 0 Å². The van der Waals surface area contributed by atoms with Gasteiger partial charge in [0.2, 0.25) is 11.7 Å². The van der Waals surface area contributed by atoms with Crippen molar-refractivity contribution >= 4 is 27.6 Å². The van der Waals surface area contributed by atoms with Crippen molar-refractivity contribution in [2.75, 3.05) is 19.0 Å². The molecule has 0 bridgehead atoms. The third kappa shape index (κ3) is 3.87. The number of likely N-dealkylation sites (tertiary alicyclic amines) is 1. The van der Waals surface area contributed by atoms with E-state index in [1.165, 1.54) is 0 Å². The Morgan fingerprint density at radius 1 is 1.29 bits per heavy atom. The Kier molecular flexibility index (Phi) is 5.29. The molecule has 0 radical (unpaired) electrons. The number of methoxy groups -OCH3 is 1. The maximum atomic E-state index is 12.8. The fourth-order valence-corrected chi connectivity index (χ4v) is 3.51. The summed E-state index contributed by atoms with van der Waals surface area (Å²) in [6.45, 7) is 0.635. The SMILES string of the molecule is COc1cccc(NC(=O)N2CCCC2c2nc(-c3ccc(Br)cc3)no2)c1. The second kappa shape index (κ2) is 8.02. The van der Waals surface area contributed by atoms with Crippen molar-refractivity contribution in [1.29, 1.82) is 0 Å². The Bertz CT molecular complexity index is 974. The van der Waals surface area contributed by atoms with Gasteiger partial charge in [-0.3, -0.25) is 0 Å². The largest absolute Gasteiger partial charge is 0.497 e. The Morgan fingerprint density at radius 2 is 2.11 bits per heavy atom. The van der Waals surface area contributed by atoms with Gasteiger partial charge < -0.3 is 19.5 Å². The molecule has 3 aromatic rings.